The molecule has 1 fully saturated rings. The lowest BCUT2D eigenvalue weighted by Gasteiger charge is -2.37. The van der Waals surface area contributed by atoms with E-state index in [0.717, 1.165) is 17.7 Å². The smallest absolute Gasteiger partial charge is 0.240 e. The van der Waals surface area contributed by atoms with Gasteiger partial charge in [0.15, 0.2) is 5.78 Å². The molecule has 0 saturated carbocycles. The van der Waals surface area contributed by atoms with Crippen molar-refractivity contribution in [3.8, 4) is 5.75 Å². The molecule has 0 aromatic heterocycles. The van der Waals surface area contributed by atoms with Crippen molar-refractivity contribution in [3.05, 3.63) is 29.8 Å². The minimum atomic E-state index is -1.11. The summed E-state index contributed by atoms with van der Waals surface area (Å²) in [4.78, 5) is 24.4. The molecule has 3 atom stereocenters. The summed E-state index contributed by atoms with van der Waals surface area (Å²) < 4.78 is 5.12. The van der Waals surface area contributed by atoms with Gasteiger partial charge in [-0.05, 0) is 57.4 Å². The number of rotatable bonds is 6. The molecule has 1 aromatic carbocycles. The van der Waals surface area contributed by atoms with Crippen molar-refractivity contribution in [2.24, 2.45) is 0 Å². The Morgan fingerprint density at radius 3 is 2.62 bits per heavy atom. The summed E-state index contributed by atoms with van der Waals surface area (Å²) in [7, 11) is 1.59. The van der Waals surface area contributed by atoms with Crippen LogP contribution >= 0.6 is 0 Å². The van der Waals surface area contributed by atoms with Crippen LogP contribution in [0, 0.1) is 0 Å². The highest BCUT2D eigenvalue weighted by atomic mass is 16.5. The zero-order chi connectivity index (χ0) is 17.7. The van der Waals surface area contributed by atoms with Crippen molar-refractivity contribution >= 4 is 11.7 Å². The van der Waals surface area contributed by atoms with Gasteiger partial charge in [-0.1, -0.05) is 12.1 Å². The maximum atomic E-state index is 12.5. The van der Waals surface area contributed by atoms with Crippen molar-refractivity contribution in [3.63, 3.8) is 0 Å². The molecule has 1 aliphatic rings. The molecule has 0 radical (unpaired) electrons. The van der Waals surface area contributed by atoms with Crippen LogP contribution in [0.2, 0.25) is 0 Å². The lowest BCUT2D eigenvalue weighted by Crippen LogP contribution is -2.62. The summed E-state index contributed by atoms with van der Waals surface area (Å²) in [5, 5.41) is 16.2. The van der Waals surface area contributed by atoms with Gasteiger partial charge in [0.05, 0.1) is 18.8 Å². The topological polar surface area (TPSA) is 87.7 Å². The number of ketones is 1. The Morgan fingerprint density at radius 2 is 2.08 bits per heavy atom. The Morgan fingerprint density at radius 1 is 1.42 bits per heavy atom. The van der Waals surface area contributed by atoms with Gasteiger partial charge in [-0.2, -0.15) is 0 Å². The Bertz CT molecular complexity index is 583. The first-order valence-corrected chi connectivity index (χ1v) is 8.23. The van der Waals surface area contributed by atoms with E-state index in [-0.39, 0.29) is 11.7 Å². The maximum absolute atomic E-state index is 12.5. The highest BCUT2D eigenvalue weighted by Gasteiger charge is 2.40. The van der Waals surface area contributed by atoms with Gasteiger partial charge in [0.2, 0.25) is 5.91 Å². The van der Waals surface area contributed by atoms with Crippen molar-refractivity contribution in [2.75, 3.05) is 13.7 Å². The molecule has 1 saturated heterocycles. The van der Waals surface area contributed by atoms with E-state index in [1.165, 1.54) is 6.92 Å². The molecule has 0 aliphatic carbocycles. The molecule has 1 aromatic rings. The summed E-state index contributed by atoms with van der Waals surface area (Å²) in [6, 6.07) is 6.06. The van der Waals surface area contributed by atoms with E-state index >= 15 is 0 Å². The molecule has 6 nitrogen and oxygen atoms in total. The van der Waals surface area contributed by atoms with E-state index in [4.69, 9.17) is 4.74 Å². The third-order valence-electron chi connectivity index (χ3n) is 4.50. The third-order valence-corrected chi connectivity index (χ3v) is 4.50. The predicted octanol–water partition coefficient (Wildman–Crippen LogP) is 0.814. The van der Waals surface area contributed by atoms with E-state index < -0.39 is 17.7 Å². The van der Waals surface area contributed by atoms with Gasteiger partial charge in [-0.15, -0.1) is 0 Å². The summed E-state index contributed by atoms with van der Waals surface area (Å²) >= 11 is 0. The first-order valence-electron chi connectivity index (χ1n) is 8.23. The molecular formula is C18H26N2O4. The Hall–Kier alpha value is -1.92. The molecule has 132 valence electrons. The molecule has 1 amide bonds. The van der Waals surface area contributed by atoms with Crippen molar-refractivity contribution in [1.29, 1.82) is 0 Å². The zero-order valence-corrected chi connectivity index (χ0v) is 14.5. The van der Waals surface area contributed by atoms with E-state index in [0.29, 0.717) is 19.4 Å². The van der Waals surface area contributed by atoms with Gasteiger partial charge < -0.3 is 20.5 Å². The molecule has 6 heteroatoms. The van der Waals surface area contributed by atoms with Crippen LogP contribution in [0.5, 0.6) is 5.75 Å². The lowest BCUT2D eigenvalue weighted by atomic mass is 9.87. The average molecular weight is 334 g/mol. The largest absolute Gasteiger partial charge is 0.497 e. The second-order valence-electron chi connectivity index (χ2n) is 6.57. The van der Waals surface area contributed by atoms with Crippen LogP contribution in [0.1, 0.15) is 32.3 Å². The lowest BCUT2D eigenvalue weighted by molar-refractivity contribution is -0.134. The van der Waals surface area contributed by atoms with Crippen LogP contribution in [0.25, 0.3) is 0 Å². The number of hydrogen-bond donors (Lipinski definition) is 3. The van der Waals surface area contributed by atoms with Crippen LogP contribution in [-0.2, 0) is 16.0 Å². The molecule has 24 heavy (non-hydrogen) atoms. The second kappa shape index (κ2) is 7.77. The van der Waals surface area contributed by atoms with Crippen LogP contribution in [0.3, 0.4) is 0 Å². The zero-order valence-electron chi connectivity index (χ0n) is 14.5. The molecule has 1 heterocycles. The Labute approximate surface area is 142 Å². The van der Waals surface area contributed by atoms with E-state index in [1.807, 2.05) is 24.3 Å². The highest BCUT2D eigenvalue weighted by molar-refractivity contribution is 5.90. The number of piperidine rings is 1. The summed E-state index contributed by atoms with van der Waals surface area (Å²) in [6.07, 6.45) is 1.78. The number of aliphatic hydroxyl groups is 1. The van der Waals surface area contributed by atoms with Crippen LogP contribution in [-0.4, -0.2) is 48.1 Å². The quantitative estimate of drug-likeness (QED) is 0.717. The average Bonchev–Trinajstić information content (AvgIpc) is 2.54. The predicted molar refractivity (Wildman–Crippen MR) is 91.0 cm³/mol. The fraction of sp³-hybridized carbons (Fsp3) is 0.556. The van der Waals surface area contributed by atoms with Crippen molar-refractivity contribution < 1.29 is 19.4 Å². The van der Waals surface area contributed by atoms with Gasteiger partial charge >= 0.3 is 0 Å². The van der Waals surface area contributed by atoms with Crippen LogP contribution in [0.4, 0.5) is 0 Å². The molecular weight excluding hydrogens is 308 g/mol. The monoisotopic (exact) mass is 334 g/mol. The Kier molecular flexibility index (Phi) is 5.96. The maximum Gasteiger partial charge on any atom is 0.240 e. The van der Waals surface area contributed by atoms with Crippen LogP contribution < -0.4 is 15.4 Å². The standard InChI is InChI=1S/C18H26N2O4/c1-12(21)15(11-13-5-7-14(24-3)8-6-13)20-17(22)16-18(2,23)9-4-10-19-16/h5-8,15-16,19,23H,4,9-11H2,1-3H3,(H,20,22)/t15-,16+,18+/m0/s1. The van der Waals surface area contributed by atoms with E-state index in [9.17, 15) is 14.7 Å². The minimum absolute atomic E-state index is 0.116. The first kappa shape index (κ1) is 18.4. The first-order chi connectivity index (χ1) is 11.3. The minimum Gasteiger partial charge on any atom is -0.497 e. The molecule has 0 bridgehead atoms. The number of methoxy groups -OCH3 is 1. The van der Waals surface area contributed by atoms with Crippen LogP contribution in [0.15, 0.2) is 24.3 Å². The highest BCUT2D eigenvalue weighted by Crippen LogP contribution is 2.21. The summed E-state index contributed by atoms with van der Waals surface area (Å²) in [6.45, 7) is 3.79. The fourth-order valence-electron chi connectivity index (χ4n) is 2.98. The number of carbonyl (C=O) groups excluding carboxylic acids is 2. The van der Waals surface area contributed by atoms with Crippen molar-refractivity contribution in [1.82, 2.24) is 10.6 Å². The van der Waals surface area contributed by atoms with Gasteiger partial charge in [-0.25, -0.2) is 0 Å². The molecule has 1 aliphatic heterocycles. The third kappa shape index (κ3) is 4.55. The normalized spacial score (nSPS) is 24.9. The second-order valence-corrected chi connectivity index (χ2v) is 6.57. The number of amides is 1. The molecule has 0 spiro atoms. The molecule has 0 unspecified atom stereocenters. The van der Waals surface area contributed by atoms with E-state index in [1.54, 1.807) is 14.0 Å². The van der Waals surface area contributed by atoms with E-state index in [2.05, 4.69) is 10.6 Å². The number of hydrogen-bond acceptors (Lipinski definition) is 5. The molecule has 2 rings (SSSR count). The van der Waals surface area contributed by atoms with Crippen molar-refractivity contribution in [2.45, 2.75) is 50.8 Å². The Balaban J connectivity index is 2.04. The SMILES string of the molecule is COc1ccc(C[C@H](NC(=O)[C@H]2NCCC[C@@]2(C)O)C(C)=O)cc1. The number of nitrogens with one attached hydrogen (secondary N) is 2. The van der Waals surface area contributed by atoms with Gasteiger partial charge in [0, 0.05) is 0 Å². The van der Waals surface area contributed by atoms with Gasteiger partial charge in [-0.3, -0.25) is 9.59 Å². The summed E-state index contributed by atoms with van der Waals surface area (Å²) in [5.74, 6) is 0.285. The fourth-order valence-corrected chi connectivity index (χ4v) is 2.98. The molecule has 3 N–H and O–H groups in total. The number of Topliss-reactive ketones (excluding diaryl/α,β-unsaturated/α-hetero) is 1. The van der Waals surface area contributed by atoms with Gasteiger partial charge in [0.25, 0.3) is 0 Å². The summed E-state index contributed by atoms with van der Waals surface area (Å²) in [5.41, 5.74) is -0.177. The van der Waals surface area contributed by atoms with Gasteiger partial charge in [0.1, 0.15) is 11.8 Å². The number of carbonyl (C=O) groups is 2. The number of benzene rings is 1. The number of ether oxygens (including phenoxy) is 1.